The molecule has 0 radical (unpaired) electrons. The van der Waals surface area contributed by atoms with Gasteiger partial charge in [0.1, 0.15) is 10.6 Å². The van der Waals surface area contributed by atoms with E-state index in [1.807, 2.05) is 41.3 Å². The zero-order valence-electron chi connectivity index (χ0n) is 15.4. The van der Waals surface area contributed by atoms with Gasteiger partial charge in [0.25, 0.3) is 5.91 Å². The first-order valence-corrected chi connectivity index (χ1v) is 9.56. The fourth-order valence-electron chi connectivity index (χ4n) is 3.26. The van der Waals surface area contributed by atoms with Crippen molar-refractivity contribution in [1.82, 2.24) is 9.80 Å². The lowest BCUT2D eigenvalue weighted by Crippen LogP contribution is -2.42. The highest BCUT2D eigenvalue weighted by atomic mass is 32.1. The van der Waals surface area contributed by atoms with E-state index in [0.717, 1.165) is 10.4 Å². The highest BCUT2D eigenvalue weighted by molar-refractivity contribution is 7.17. The summed E-state index contributed by atoms with van der Waals surface area (Å²) in [6.45, 7) is 1.20. The molecule has 2 aromatic rings. The number of hydrogen-bond donors (Lipinski definition) is 0. The third-order valence-corrected chi connectivity index (χ3v) is 5.90. The highest BCUT2D eigenvalue weighted by Crippen LogP contribution is 2.37. The molecule has 1 aromatic carbocycles. The van der Waals surface area contributed by atoms with E-state index in [0.29, 0.717) is 36.6 Å². The fourth-order valence-corrected chi connectivity index (χ4v) is 4.36. The summed E-state index contributed by atoms with van der Waals surface area (Å²) in [7, 11) is 5.15. The van der Waals surface area contributed by atoms with Crippen molar-refractivity contribution < 1.29 is 14.3 Å². The van der Waals surface area contributed by atoms with Crippen LogP contribution in [0.3, 0.4) is 0 Å². The van der Waals surface area contributed by atoms with Gasteiger partial charge in [0.15, 0.2) is 0 Å². The number of methoxy groups -OCH3 is 1. The second-order valence-electron chi connectivity index (χ2n) is 6.67. The molecule has 0 aliphatic carbocycles. The number of carbonyl (C=O) groups excluding carboxylic acids is 2. The molecule has 0 N–H and O–H groups in total. The van der Waals surface area contributed by atoms with Crippen LogP contribution in [0.2, 0.25) is 0 Å². The Morgan fingerprint density at radius 2 is 1.81 bits per heavy atom. The molecule has 1 aliphatic heterocycles. The summed E-state index contributed by atoms with van der Waals surface area (Å²) in [5.74, 6) is 0.770. The molecule has 138 valence electrons. The molecule has 1 saturated heterocycles. The van der Waals surface area contributed by atoms with Crippen molar-refractivity contribution in [1.29, 1.82) is 0 Å². The maximum absolute atomic E-state index is 13.0. The zero-order chi connectivity index (χ0) is 18.7. The number of ether oxygens (including phenoxy) is 1. The van der Waals surface area contributed by atoms with Gasteiger partial charge in [0, 0.05) is 38.0 Å². The van der Waals surface area contributed by atoms with E-state index in [-0.39, 0.29) is 17.7 Å². The van der Waals surface area contributed by atoms with Gasteiger partial charge in [-0.3, -0.25) is 9.59 Å². The highest BCUT2D eigenvalue weighted by Gasteiger charge is 2.30. The smallest absolute Gasteiger partial charge is 0.267 e. The molecule has 3 rings (SSSR count). The molecule has 0 atom stereocenters. The van der Waals surface area contributed by atoms with Crippen molar-refractivity contribution in [3.05, 3.63) is 41.3 Å². The minimum Gasteiger partial charge on any atom is -0.495 e. The Morgan fingerprint density at radius 3 is 2.38 bits per heavy atom. The summed E-state index contributed by atoms with van der Waals surface area (Å²) in [5, 5.41) is 0. The minimum absolute atomic E-state index is 0.00946. The van der Waals surface area contributed by atoms with Crippen LogP contribution in [0.15, 0.2) is 36.4 Å². The van der Waals surface area contributed by atoms with Gasteiger partial charge in [0.05, 0.1) is 7.11 Å². The second kappa shape index (κ2) is 7.91. The SMILES string of the molecule is COc1cc(-c2ccccc2)sc1C(=O)N1CCC(C(=O)N(C)C)CC1. The molecule has 1 aromatic heterocycles. The molecular weight excluding hydrogens is 348 g/mol. The van der Waals surface area contributed by atoms with E-state index in [1.54, 1.807) is 26.1 Å². The maximum Gasteiger partial charge on any atom is 0.267 e. The first kappa shape index (κ1) is 18.5. The van der Waals surface area contributed by atoms with Crippen LogP contribution in [0.4, 0.5) is 0 Å². The van der Waals surface area contributed by atoms with E-state index in [4.69, 9.17) is 4.74 Å². The molecule has 1 aliphatic rings. The number of hydrogen-bond acceptors (Lipinski definition) is 4. The lowest BCUT2D eigenvalue weighted by Gasteiger charge is -2.32. The zero-order valence-corrected chi connectivity index (χ0v) is 16.2. The van der Waals surface area contributed by atoms with Crippen LogP contribution in [0.5, 0.6) is 5.75 Å². The molecule has 2 amide bonds. The van der Waals surface area contributed by atoms with Gasteiger partial charge in [-0.05, 0) is 24.5 Å². The quantitative estimate of drug-likeness (QED) is 0.827. The number of rotatable bonds is 4. The van der Waals surface area contributed by atoms with E-state index < -0.39 is 0 Å². The predicted octanol–water partition coefficient (Wildman–Crippen LogP) is 3.36. The van der Waals surface area contributed by atoms with E-state index >= 15 is 0 Å². The normalized spacial score (nSPS) is 15.0. The minimum atomic E-state index is -0.00946. The lowest BCUT2D eigenvalue weighted by atomic mass is 9.95. The summed E-state index contributed by atoms with van der Waals surface area (Å²) >= 11 is 1.46. The average Bonchev–Trinajstić information content (AvgIpc) is 3.12. The van der Waals surface area contributed by atoms with Gasteiger partial charge >= 0.3 is 0 Å². The van der Waals surface area contributed by atoms with Gasteiger partial charge in [-0.2, -0.15) is 0 Å². The number of nitrogens with zero attached hydrogens (tertiary/aromatic N) is 2. The first-order chi connectivity index (χ1) is 12.5. The van der Waals surface area contributed by atoms with Crippen LogP contribution in [-0.2, 0) is 4.79 Å². The number of thiophene rings is 1. The van der Waals surface area contributed by atoms with Crippen LogP contribution < -0.4 is 4.74 Å². The molecule has 0 bridgehead atoms. The molecule has 2 heterocycles. The monoisotopic (exact) mass is 372 g/mol. The van der Waals surface area contributed by atoms with Crippen LogP contribution in [-0.4, -0.2) is 55.9 Å². The summed E-state index contributed by atoms with van der Waals surface area (Å²) in [6.07, 6.45) is 1.42. The van der Waals surface area contributed by atoms with Gasteiger partial charge in [-0.15, -0.1) is 11.3 Å². The van der Waals surface area contributed by atoms with Gasteiger partial charge in [-0.1, -0.05) is 30.3 Å². The average molecular weight is 372 g/mol. The molecule has 0 saturated carbocycles. The summed E-state index contributed by atoms with van der Waals surface area (Å²) in [6, 6.07) is 11.9. The topological polar surface area (TPSA) is 49.9 Å². The Hall–Kier alpha value is -2.34. The largest absolute Gasteiger partial charge is 0.495 e. The van der Waals surface area contributed by atoms with Crippen LogP contribution in [0.1, 0.15) is 22.5 Å². The predicted molar refractivity (Wildman–Crippen MR) is 104 cm³/mol. The van der Waals surface area contributed by atoms with Crippen molar-refractivity contribution in [2.75, 3.05) is 34.3 Å². The molecule has 5 nitrogen and oxygen atoms in total. The van der Waals surface area contributed by atoms with Gasteiger partial charge in [0.2, 0.25) is 5.91 Å². The summed E-state index contributed by atoms with van der Waals surface area (Å²) in [5.41, 5.74) is 1.07. The molecule has 6 heteroatoms. The Morgan fingerprint density at radius 1 is 1.15 bits per heavy atom. The van der Waals surface area contributed by atoms with E-state index in [9.17, 15) is 9.59 Å². The summed E-state index contributed by atoms with van der Waals surface area (Å²) < 4.78 is 5.45. The number of piperidine rings is 1. The Bertz CT molecular complexity index is 778. The number of likely N-dealkylation sites (tertiary alicyclic amines) is 1. The number of amides is 2. The molecule has 1 fully saturated rings. The van der Waals surface area contributed by atoms with Crippen molar-refractivity contribution in [3.63, 3.8) is 0 Å². The number of carbonyl (C=O) groups is 2. The van der Waals surface area contributed by atoms with E-state index in [1.165, 1.54) is 11.3 Å². The van der Waals surface area contributed by atoms with Gasteiger partial charge in [-0.25, -0.2) is 0 Å². The molecule has 0 unspecified atom stereocenters. The molecular formula is C20H24N2O3S. The first-order valence-electron chi connectivity index (χ1n) is 8.75. The Labute approximate surface area is 158 Å². The van der Waals surface area contributed by atoms with Crippen molar-refractivity contribution >= 4 is 23.2 Å². The fraction of sp³-hybridized carbons (Fsp3) is 0.400. The van der Waals surface area contributed by atoms with Crippen LogP contribution in [0.25, 0.3) is 10.4 Å². The van der Waals surface area contributed by atoms with Crippen molar-refractivity contribution in [2.45, 2.75) is 12.8 Å². The lowest BCUT2D eigenvalue weighted by molar-refractivity contribution is -0.134. The Balaban J connectivity index is 1.74. The van der Waals surface area contributed by atoms with Crippen LogP contribution >= 0.6 is 11.3 Å². The number of benzene rings is 1. The van der Waals surface area contributed by atoms with E-state index in [2.05, 4.69) is 0 Å². The Kier molecular flexibility index (Phi) is 5.61. The molecule has 0 spiro atoms. The molecule has 26 heavy (non-hydrogen) atoms. The van der Waals surface area contributed by atoms with Gasteiger partial charge < -0.3 is 14.5 Å². The standard InChI is InChI=1S/C20H24N2O3S/c1-21(2)19(23)15-9-11-22(12-10-15)20(24)18-16(25-3)13-17(26-18)14-7-5-4-6-8-14/h4-8,13,15H,9-12H2,1-3H3. The van der Waals surface area contributed by atoms with Crippen molar-refractivity contribution in [2.24, 2.45) is 5.92 Å². The summed E-state index contributed by atoms with van der Waals surface area (Å²) in [4.78, 5) is 30.2. The maximum atomic E-state index is 13.0. The second-order valence-corrected chi connectivity index (χ2v) is 7.73. The third-order valence-electron chi connectivity index (χ3n) is 4.74. The van der Waals surface area contributed by atoms with Crippen molar-refractivity contribution in [3.8, 4) is 16.2 Å². The third kappa shape index (κ3) is 3.75. The van der Waals surface area contributed by atoms with Crippen LogP contribution in [0, 0.1) is 5.92 Å².